The number of benzene rings is 2. The van der Waals surface area contributed by atoms with Gasteiger partial charge >= 0.3 is 0 Å². The van der Waals surface area contributed by atoms with Gasteiger partial charge in [0.2, 0.25) is 0 Å². The maximum absolute atomic E-state index is 12.4. The molecular weight excluding hydrogens is 488 g/mol. The molecule has 0 aliphatic carbocycles. The molecule has 0 saturated carbocycles. The van der Waals surface area contributed by atoms with Crippen LogP contribution in [0.3, 0.4) is 0 Å². The van der Waals surface area contributed by atoms with E-state index in [1.165, 1.54) is 11.8 Å². The van der Waals surface area contributed by atoms with Gasteiger partial charge in [0.05, 0.1) is 11.5 Å². The molecule has 0 aliphatic rings. The molecule has 0 fully saturated rings. The average Bonchev–Trinajstić information content (AvgIpc) is 3.27. The highest BCUT2D eigenvalue weighted by Gasteiger charge is 2.17. The van der Waals surface area contributed by atoms with Crippen LogP contribution in [-0.4, -0.2) is 37.1 Å². The lowest BCUT2D eigenvalue weighted by Gasteiger charge is -2.10. The number of hydrogen-bond acceptors (Lipinski definition) is 6. The summed E-state index contributed by atoms with van der Waals surface area (Å²) in [5, 5.41) is 13.5. The van der Waals surface area contributed by atoms with Crippen LogP contribution in [0.15, 0.2) is 93.9 Å². The van der Waals surface area contributed by atoms with Crippen molar-refractivity contribution in [2.24, 2.45) is 5.10 Å². The normalized spacial score (nSPS) is 11.4. The SMILES string of the molecule is C/C(=N\NC(=O)CSc1nnc(-c2ccccc2)n1-c1ccc(Br)cc1)c1cccnc1. The van der Waals surface area contributed by atoms with E-state index in [1.807, 2.05) is 78.2 Å². The summed E-state index contributed by atoms with van der Waals surface area (Å²) >= 11 is 4.77. The number of thioether (sulfide) groups is 1. The number of nitrogens with zero attached hydrogens (tertiary/aromatic N) is 5. The molecule has 9 heteroatoms. The molecule has 0 atom stereocenters. The Kier molecular flexibility index (Phi) is 7.08. The summed E-state index contributed by atoms with van der Waals surface area (Å²) in [7, 11) is 0. The smallest absolute Gasteiger partial charge is 0.250 e. The van der Waals surface area contributed by atoms with Gasteiger partial charge in [-0.15, -0.1) is 10.2 Å². The van der Waals surface area contributed by atoms with E-state index in [2.05, 4.69) is 41.6 Å². The van der Waals surface area contributed by atoms with E-state index >= 15 is 0 Å². The van der Waals surface area contributed by atoms with Crippen LogP contribution in [0.4, 0.5) is 0 Å². The van der Waals surface area contributed by atoms with E-state index in [1.54, 1.807) is 12.4 Å². The summed E-state index contributed by atoms with van der Waals surface area (Å²) in [6.45, 7) is 1.82. The Labute approximate surface area is 198 Å². The number of amides is 1. The second-order valence-electron chi connectivity index (χ2n) is 6.75. The Hall–Kier alpha value is -3.30. The molecule has 1 amide bonds. The lowest BCUT2D eigenvalue weighted by Crippen LogP contribution is -2.21. The highest BCUT2D eigenvalue weighted by Crippen LogP contribution is 2.28. The Morgan fingerprint density at radius 1 is 1.06 bits per heavy atom. The maximum Gasteiger partial charge on any atom is 0.250 e. The molecular formula is C23H19BrN6OS. The molecule has 4 aromatic rings. The van der Waals surface area contributed by atoms with Gasteiger partial charge in [-0.1, -0.05) is 64.1 Å². The molecule has 4 rings (SSSR count). The zero-order valence-corrected chi connectivity index (χ0v) is 19.5. The Morgan fingerprint density at radius 2 is 1.84 bits per heavy atom. The van der Waals surface area contributed by atoms with Crippen LogP contribution in [0.25, 0.3) is 17.1 Å². The first-order valence-corrected chi connectivity index (χ1v) is 11.5. The molecule has 0 aliphatic heterocycles. The quantitative estimate of drug-likeness (QED) is 0.222. The fourth-order valence-electron chi connectivity index (χ4n) is 2.91. The van der Waals surface area contributed by atoms with Gasteiger partial charge < -0.3 is 0 Å². The standard InChI is InChI=1S/C23H19BrN6OS/c1-16(18-8-5-13-25-14-18)26-27-21(31)15-32-23-29-28-22(17-6-3-2-4-7-17)30(23)20-11-9-19(24)10-12-20/h2-14H,15H2,1H3,(H,27,31)/b26-16+. The third-order valence-corrected chi connectivity index (χ3v) is 5.97. The number of pyridine rings is 1. The van der Waals surface area contributed by atoms with Crippen molar-refractivity contribution in [3.8, 4) is 17.1 Å². The van der Waals surface area contributed by atoms with Crippen LogP contribution in [0.2, 0.25) is 0 Å². The molecule has 0 unspecified atom stereocenters. The van der Waals surface area contributed by atoms with Crippen LogP contribution in [0, 0.1) is 0 Å². The number of hydrogen-bond donors (Lipinski definition) is 1. The van der Waals surface area contributed by atoms with Crippen LogP contribution < -0.4 is 5.43 Å². The van der Waals surface area contributed by atoms with E-state index < -0.39 is 0 Å². The highest BCUT2D eigenvalue weighted by molar-refractivity contribution is 9.10. The topological polar surface area (TPSA) is 85.1 Å². The number of aromatic nitrogens is 4. The first kappa shape index (κ1) is 21.9. The van der Waals surface area contributed by atoms with Gasteiger partial charge in [0.15, 0.2) is 11.0 Å². The molecule has 0 radical (unpaired) electrons. The Bertz CT molecular complexity index is 1230. The van der Waals surface area contributed by atoms with E-state index in [4.69, 9.17) is 0 Å². The van der Waals surface area contributed by atoms with Gasteiger partial charge in [-0.2, -0.15) is 5.10 Å². The number of carbonyl (C=O) groups is 1. The molecule has 32 heavy (non-hydrogen) atoms. The first-order valence-electron chi connectivity index (χ1n) is 9.75. The molecule has 2 aromatic carbocycles. The van der Waals surface area contributed by atoms with Crippen LogP contribution in [0.1, 0.15) is 12.5 Å². The van der Waals surface area contributed by atoms with E-state index in [9.17, 15) is 4.79 Å². The first-order chi connectivity index (χ1) is 15.6. The minimum absolute atomic E-state index is 0.146. The summed E-state index contributed by atoms with van der Waals surface area (Å²) in [6, 6.07) is 21.4. The fraction of sp³-hybridized carbons (Fsp3) is 0.0870. The summed E-state index contributed by atoms with van der Waals surface area (Å²) in [4.78, 5) is 16.5. The van der Waals surface area contributed by atoms with Crippen molar-refractivity contribution in [2.45, 2.75) is 12.1 Å². The minimum Gasteiger partial charge on any atom is -0.272 e. The highest BCUT2D eigenvalue weighted by atomic mass is 79.9. The van der Waals surface area contributed by atoms with Gasteiger partial charge in [-0.05, 0) is 37.3 Å². The summed E-state index contributed by atoms with van der Waals surface area (Å²) in [6.07, 6.45) is 3.39. The second-order valence-corrected chi connectivity index (χ2v) is 8.60. The summed E-state index contributed by atoms with van der Waals surface area (Å²) in [5.41, 5.74) is 5.97. The van der Waals surface area contributed by atoms with Gasteiger partial charge in [-0.25, -0.2) is 5.43 Å². The number of nitrogens with one attached hydrogen (secondary N) is 1. The maximum atomic E-state index is 12.4. The molecule has 7 nitrogen and oxygen atoms in total. The molecule has 2 heterocycles. The van der Waals surface area contributed by atoms with E-state index in [-0.39, 0.29) is 11.7 Å². The molecule has 1 N–H and O–H groups in total. The van der Waals surface area contributed by atoms with Crippen molar-refractivity contribution < 1.29 is 4.79 Å². The minimum atomic E-state index is -0.232. The summed E-state index contributed by atoms with van der Waals surface area (Å²) in [5.74, 6) is 0.624. The number of carbonyl (C=O) groups excluding carboxylic acids is 1. The monoisotopic (exact) mass is 506 g/mol. The van der Waals surface area contributed by atoms with Crippen molar-refractivity contribution in [3.63, 3.8) is 0 Å². The van der Waals surface area contributed by atoms with E-state index in [0.717, 1.165) is 21.3 Å². The largest absolute Gasteiger partial charge is 0.272 e. The van der Waals surface area contributed by atoms with Crippen LogP contribution in [0.5, 0.6) is 0 Å². The van der Waals surface area contributed by atoms with Crippen LogP contribution in [-0.2, 0) is 4.79 Å². The van der Waals surface area contributed by atoms with Crippen molar-refractivity contribution in [1.29, 1.82) is 0 Å². The second kappa shape index (κ2) is 10.3. The van der Waals surface area contributed by atoms with Gasteiger partial charge in [-0.3, -0.25) is 14.3 Å². The lowest BCUT2D eigenvalue weighted by molar-refractivity contribution is -0.118. The Balaban J connectivity index is 1.53. The average molecular weight is 507 g/mol. The van der Waals surface area contributed by atoms with Gasteiger partial charge in [0.1, 0.15) is 0 Å². The van der Waals surface area contributed by atoms with Crippen molar-refractivity contribution >= 4 is 39.3 Å². The van der Waals surface area contributed by atoms with Crippen molar-refractivity contribution in [1.82, 2.24) is 25.2 Å². The molecule has 2 aromatic heterocycles. The molecule has 0 bridgehead atoms. The van der Waals surface area contributed by atoms with Crippen LogP contribution >= 0.6 is 27.7 Å². The van der Waals surface area contributed by atoms with Crippen molar-refractivity contribution in [3.05, 3.63) is 89.2 Å². The van der Waals surface area contributed by atoms with Gasteiger partial charge in [0.25, 0.3) is 5.91 Å². The molecule has 0 spiro atoms. The fourth-order valence-corrected chi connectivity index (χ4v) is 3.92. The third kappa shape index (κ3) is 5.30. The third-order valence-electron chi connectivity index (χ3n) is 4.51. The number of halogens is 1. The zero-order chi connectivity index (χ0) is 22.3. The van der Waals surface area contributed by atoms with Crippen molar-refractivity contribution in [2.75, 3.05) is 5.75 Å². The van der Waals surface area contributed by atoms with E-state index in [0.29, 0.717) is 16.7 Å². The Morgan fingerprint density at radius 3 is 2.56 bits per heavy atom. The zero-order valence-electron chi connectivity index (χ0n) is 17.1. The predicted octanol–water partition coefficient (Wildman–Crippen LogP) is 4.72. The molecule has 160 valence electrons. The van der Waals surface area contributed by atoms with Gasteiger partial charge in [0, 0.05) is 33.7 Å². The summed E-state index contributed by atoms with van der Waals surface area (Å²) < 4.78 is 2.93. The predicted molar refractivity (Wildman–Crippen MR) is 130 cm³/mol. The number of hydrazone groups is 1. The molecule has 0 saturated heterocycles. The number of rotatable bonds is 7. The lowest BCUT2D eigenvalue weighted by atomic mass is 10.2.